The third kappa shape index (κ3) is 4.28. The van der Waals surface area contributed by atoms with Crippen molar-refractivity contribution in [3.8, 4) is 0 Å². The van der Waals surface area contributed by atoms with Crippen molar-refractivity contribution >= 4 is 5.97 Å². The number of carboxylic acids is 1. The van der Waals surface area contributed by atoms with Gasteiger partial charge in [0.05, 0.1) is 0 Å². The first-order valence-corrected chi connectivity index (χ1v) is 6.76. The summed E-state index contributed by atoms with van der Waals surface area (Å²) in [7, 11) is 0. The highest BCUT2D eigenvalue weighted by Crippen LogP contribution is 2.22. The van der Waals surface area contributed by atoms with Crippen molar-refractivity contribution < 1.29 is 9.90 Å². The number of rotatable bonds is 6. The van der Waals surface area contributed by atoms with Crippen molar-refractivity contribution in [3.63, 3.8) is 0 Å². The molecule has 4 nitrogen and oxygen atoms in total. The maximum absolute atomic E-state index is 11.2. The highest BCUT2D eigenvalue weighted by Gasteiger charge is 2.28. The van der Waals surface area contributed by atoms with Gasteiger partial charge >= 0.3 is 5.97 Å². The summed E-state index contributed by atoms with van der Waals surface area (Å²) in [6.07, 6.45) is 3.42. The minimum atomic E-state index is -0.733. The number of carboxylic acid groups (broad SMARTS) is 1. The van der Waals surface area contributed by atoms with Gasteiger partial charge in [-0.2, -0.15) is 0 Å². The second-order valence-corrected chi connectivity index (χ2v) is 5.20. The van der Waals surface area contributed by atoms with Crippen molar-refractivity contribution in [2.45, 2.75) is 52.1 Å². The first-order valence-electron chi connectivity index (χ1n) is 6.76. The molecule has 2 N–H and O–H groups in total. The van der Waals surface area contributed by atoms with Crippen LogP contribution in [0.3, 0.4) is 0 Å². The normalized spacial score (nSPS) is 27.9. The molecule has 100 valence electrons. The third-order valence-electron chi connectivity index (χ3n) is 3.86. The van der Waals surface area contributed by atoms with Crippen LogP contribution in [-0.4, -0.2) is 47.7 Å². The van der Waals surface area contributed by atoms with Crippen LogP contribution in [0.15, 0.2) is 0 Å². The zero-order chi connectivity index (χ0) is 12.8. The van der Waals surface area contributed by atoms with Crippen LogP contribution in [0.2, 0.25) is 0 Å². The van der Waals surface area contributed by atoms with Gasteiger partial charge in [0.25, 0.3) is 0 Å². The van der Waals surface area contributed by atoms with Crippen molar-refractivity contribution in [2.24, 2.45) is 5.92 Å². The Hall–Kier alpha value is -0.610. The van der Waals surface area contributed by atoms with E-state index >= 15 is 0 Å². The second-order valence-electron chi connectivity index (χ2n) is 5.20. The Balaban J connectivity index is 2.50. The molecule has 0 radical (unpaired) electrons. The molecule has 4 heteroatoms. The van der Waals surface area contributed by atoms with Gasteiger partial charge in [-0.3, -0.25) is 9.69 Å². The fourth-order valence-corrected chi connectivity index (χ4v) is 2.46. The molecule has 0 saturated carbocycles. The number of hydrogen-bond acceptors (Lipinski definition) is 3. The van der Waals surface area contributed by atoms with Gasteiger partial charge in [-0.05, 0) is 45.2 Å². The Bertz CT molecular complexity index is 246. The van der Waals surface area contributed by atoms with E-state index in [1.807, 2.05) is 0 Å². The Morgan fingerprint density at radius 2 is 2.24 bits per heavy atom. The largest absolute Gasteiger partial charge is 0.480 e. The SMILES string of the molecule is CCCNC(CN1CCCC(C)C1C)C(=O)O. The van der Waals surface area contributed by atoms with Crippen molar-refractivity contribution in [3.05, 3.63) is 0 Å². The lowest BCUT2D eigenvalue weighted by Crippen LogP contribution is -2.52. The Labute approximate surface area is 104 Å². The van der Waals surface area contributed by atoms with Crippen LogP contribution in [-0.2, 0) is 4.79 Å². The molecule has 1 aliphatic rings. The van der Waals surface area contributed by atoms with Gasteiger partial charge in [0.1, 0.15) is 6.04 Å². The third-order valence-corrected chi connectivity index (χ3v) is 3.86. The maximum atomic E-state index is 11.2. The fraction of sp³-hybridized carbons (Fsp3) is 0.923. The number of carbonyl (C=O) groups is 1. The fourth-order valence-electron chi connectivity index (χ4n) is 2.46. The summed E-state index contributed by atoms with van der Waals surface area (Å²) in [5, 5.41) is 12.3. The van der Waals surface area contributed by atoms with E-state index in [1.165, 1.54) is 12.8 Å². The van der Waals surface area contributed by atoms with Crippen LogP contribution in [0.25, 0.3) is 0 Å². The molecule has 3 unspecified atom stereocenters. The van der Waals surface area contributed by atoms with E-state index in [-0.39, 0.29) is 0 Å². The molecule has 0 bridgehead atoms. The Morgan fingerprint density at radius 3 is 2.82 bits per heavy atom. The molecule has 0 aromatic carbocycles. The molecule has 0 aromatic rings. The van der Waals surface area contributed by atoms with Gasteiger partial charge in [0, 0.05) is 12.6 Å². The summed E-state index contributed by atoms with van der Waals surface area (Å²) >= 11 is 0. The number of nitrogens with one attached hydrogen (secondary N) is 1. The summed E-state index contributed by atoms with van der Waals surface area (Å²) in [5.41, 5.74) is 0. The lowest BCUT2D eigenvalue weighted by molar-refractivity contribution is -0.140. The number of likely N-dealkylation sites (tertiary alicyclic amines) is 1. The molecule has 3 atom stereocenters. The average Bonchev–Trinajstić information content (AvgIpc) is 2.29. The number of hydrogen-bond donors (Lipinski definition) is 2. The molecule has 0 spiro atoms. The summed E-state index contributed by atoms with van der Waals surface area (Å²) in [6.45, 7) is 8.95. The average molecular weight is 242 g/mol. The van der Waals surface area contributed by atoms with Gasteiger partial charge in [-0.25, -0.2) is 0 Å². The van der Waals surface area contributed by atoms with E-state index in [4.69, 9.17) is 0 Å². The molecule has 1 aliphatic heterocycles. The minimum absolute atomic E-state index is 0.428. The van der Waals surface area contributed by atoms with Gasteiger partial charge in [0.2, 0.25) is 0 Å². The van der Waals surface area contributed by atoms with Gasteiger partial charge < -0.3 is 10.4 Å². The first kappa shape index (κ1) is 14.5. The summed E-state index contributed by atoms with van der Waals surface area (Å²) in [4.78, 5) is 13.5. The predicted molar refractivity (Wildman–Crippen MR) is 69.2 cm³/mol. The van der Waals surface area contributed by atoms with Gasteiger partial charge in [-0.1, -0.05) is 13.8 Å². The zero-order valence-corrected chi connectivity index (χ0v) is 11.3. The molecule has 1 saturated heterocycles. The summed E-state index contributed by atoms with van der Waals surface area (Å²) in [5.74, 6) is -0.0618. The Kier molecular flexibility index (Phi) is 5.92. The molecule has 0 aromatic heterocycles. The molecule has 17 heavy (non-hydrogen) atoms. The number of nitrogens with zero attached hydrogens (tertiary/aromatic N) is 1. The second kappa shape index (κ2) is 6.97. The quantitative estimate of drug-likeness (QED) is 0.742. The standard InChI is InChI=1S/C13H26N2O2/c1-4-7-14-12(13(16)17)9-15-8-5-6-10(2)11(15)3/h10-12,14H,4-9H2,1-3H3,(H,16,17). The molecule has 1 fully saturated rings. The molecular weight excluding hydrogens is 216 g/mol. The smallest absolute Gasteiger partial charge is 0.322 e. The highest BCUT2D eigenvalue weighted by molar-refractivity contribution is 5.73. The minimum Gasteiger partial charge on any atom is -0.480 e. The van der Waals surface area contributed by atoms with Crippen LogP contribution in [0.5, 0.6) is 0 Å². The van der Waals surface area contributed by atoms with E-state index in [0.29, 0.717) is 18.5 Å². The van der Waals surface area contributed by atoms with Gasteiger partial charge in [0.15, 0.2) is 0 Å². The molecule has 1 heterocycles. The van der Waals surface area contributed by atoms with E-state index in [2.05, 4.69) is 31.0 Å². The predicted octanol–water partition coefficient (Wildman–Crippen LogP) is 1.56. The van der Waals surface area contributed by atoms with Crippen molar-refractivity contribution in [1.82, 2.24) is 10.2 Å². The first-order chi connectivity index (χ1) is 8.06. The van der Waals surface area contributed by atoms with Crippen LogP contribution >= 0.6 is 0 Å². The lowest BCUT2D eigenvalue weighted by atomic mass is 9.92. The molecule has 1 rings (SSSR count). The van der Waals surface area contributed by atoms with E-state index in [9.17, 15) is 9.90 Å². The number of piperidine rings is 1. The van der Waals surface area contributed by atoms with E-state index in [1.54, 1.807) is 0 Å². The van der Waals surface area contributed by atoms with Gasteiger partial charge in [-0.15, -0.1) is 0 Å². The summed E-state index contributed by atoms with van der Waals surface area (Å²) < 4.78 is 0. The van der Waals surface area contributed by atoms with E-state index in [0.717, 1.165) is 19.5 Å². The Morgan fingerprint density at radius 1 is 1.53 bits per heavy atom. The van der Waals surface area contributed by atoms with Crippen LogP contribution in [0.4, 0.5) is 0 Å². The van der Waals surface area contributed by atoms with Crippen LogP contribution in [0, 0.1) is 5.92 Å². The maximum Gasteiger partial charge on any atom is 0.322 e. The molecule has 0 amide bonds. The monoisotopic (exact) mass is 242 g/mol. The molecular formula is C13H26N2O2. The highest BCUT2D eigenvalue weighted by atomic mass is 16.4. The van der Waals surface area contributed by atoms with Crippen LogP contribution in [0.1, 0.15) is 40.0 Å². The van der Waals surface area contributed by atoms with Crippen LogP contribution < -0.4 is 5.32 Å². The van der Waals surface area contributed by atoms with Crippen molar-refractivity contribution in [1.29, 1.82) is 0 Å². The lowest BCUT2D eigenvalue weighted by Gasteiger charge is -2.39. The zero-order valence-electron chi connectivity index (χ0n) is 11.3. The number of aliphatic carboxylic acids is 1. The topological polar surface area (TPSA) is 52.6 Å². The molecule has 0 aliphatic carbocycles. The van der Waals surface area contributed by atoms with Crippen molar-refractivity contribution in [2.75, 3.05) is 19.6 Å². The van der Waals surface area contributed by atoms with E-state index < -0.39 is 12.0 Å². The summed E-state index contributed by atoms with van der Waals surface area (Å²) in [6, 6.07) is 0.0664.